The second-order valence-corrected chi connectivity index (χ2v) is 5.00. The van der Waals surface area contributed by atoms with Crippen molar-refractivity contribution >= 4 is 21.6 Å². The molecule has 1 aliphatic heterocycles. The van der Waals surface area contributed by atoms with Gasteiger partial charge in [-0.15, -0.1) is 0 Å². The van der Waals surface area contributed by atoms with Crippen molar-refractivity contribution in [2.24, 2.45) is 0 Å². The van der Waals surface area contributed by atoms with Crippen LogP contribution in [0.15, 0.2) is 41.0 Å². The van der Waals surface area contributed by atoms with Crippen molar-refractivity contribution in [3.63, 3.8) is 0 Å². The number of rotatable bonds is 3. The predicted octanol–water partition coefficient (Wildman–Crippen LogP) is 3.23. The minimum atomic E-state index is 0.592. The lowest BCUT2D eigenvalue weighted by molar-refractivity contribution is 0.171. The fourth-order valence-corrected chi connectivity index (χ4v) is 2.35. The molecule has 0 radical (unpaired) electrons. The standard InChI is InChI=1S/C14H13BrN2O2/c15-11-7-13-14(19-6-5-18-13)8-12(11)17-9-10-3-1-2-4-16-10/h1-4,7-8,17H,5-6,9H2. The number of aromatic nitrogens is 1. The molecule has 0 spiro atoms. The van der Waals surface area contributed by atoms with E-state index in [4.69, 9.17) is 9.47 Å². The molecule has 19 heavy (non-hydrogen) atoms. The Kier molecular flexibility index (Phi) is 3.55. The number of benzene rings is 1. The van der Waals surface area contributed by atoms with E-state index in [2.05, 4.69) is 26.2 Å². The Balaban J connectivity index is 1.77. The Morgan fingerprint density at radius 3 is 2.68 bits per heavy atom. The lowest BCUT2D eigenvalue weighted by Crippen LogP contribution is -2.15. The maximum absolute atomic E-state index is 5.57. The summed E-state index contributed by atoms with van der Waals surface area (Å²) in [6.07, 6.45) is 1.79. The van der Waals surface area contributed by atoms with Gasteiger partial charge < -0.3 is 14.8 Å². The van der Waals surface area contributed by atoms with Gasteiger partial charge in [0.2, 0.25) is 0 Å². The molecule has 3 rings (SSSR count). The van der Waals surface area contributed by atoms with Crippen molar-refractivity contribution in [2.75, 3.05) is 18.5 Å². The molecule has 0 fully saturated rings. The van der Waals surface area contributed by atoms with Crippen molar-refractivity contribution < 1.29 is 9.47 Å². The van der Waals surface area contributed by atoms with Gasteiger partial charge in [0.05, 0.1) is 17.9 Å². The van der Waals surface area contributed by atoms with E-state index in [0.29, 0.717) is 19.8 Å². The van der Waals surface area contributed by atoms with Gasteiger partial charge in [-0.3, -0.25) is 4.98 Å². The molecule has 0 amide bonds. The third-order valence-electron chi connectivity index (χ3n) is 2.82. The second kappa shape index (κ2) is 5.48. The first kappa shape index (κ1) is 12.3. The molecular weight excluding hydrogens is 308 g/mol. The maximum Gasteiger partial charge on any atom is 0.163 e. The van der Waals surface area contributed by atoms with E-state index < -0.39 is 0 Å². The minimum absolute atomic E-state index is 0.592. The van der Waals surface area contributed by atoms with E-state index >= 15 is 0 Å². The average molecular weight is 321 g/mol. The molecule has 1 aromatic heterocycles. The van der Waals surface area contributed by atoms with Gasteiger partial charge in [-0.2, -0.15) is 0 Å². The smallest absolute Gasteiger partial charge is 0.163 e. The number of halogens is 1. The van der Waals surface area contributed by atoms with Gasteiger partial charge in [-0.1, -0.05) is 6.07 Å². The molecule has 98 valence electrons. The molecule has 0 atom stereocenters. The van der Waals surface area contributed by atoms with Crippen LogP contribution >= 0.6 is 15.9 Å². The van der Waals surface area contributed by atoms with Crippen molar-refractivity contribution in [3.8, 4) is 11.5 Å². The summed E-state index contributed by atoms with van der Waals surface area (Å²) >= 11 is 3.53. The molecule has 5 heteroatoms. The number of nitrogens with zero attached hydrogens (tertiary/aromatic N) is 1. The Hall–Kier alpha value is -1.75. The van der Waals surface area contributed by atoms with E-state index in [0.717, 1.165) is 27.4 Å². The van der Waals surface area contributed by atoms with Crippen LogP contribution in [0.2, 0.25) is 0 Å². The highest BCUT2D eigenvalue weighted by atomic mass is 79.9. The van der Waals surface area contributed by atoms with Crippen LogP contribution in [0.3, 0.4) is 0 Å². The van der Waals surface area contributed by atoms with Gasteiger partial charge in [-0.25, -0.2) is 0 Å². The molecule has 2 aromatic rings. The van der Waals surface area contributed by atoms with E-state index in [-0.39, 0.29) is 0 Å². The Morgan fingerprint density at radius 2 is 1.95 bits per heavy atom. The number of hydrogen-bond donors (Lipinski definition) is 1. The highest BCUT2D eigenvalue weighted by molar-refractivity contribution is 9.10. The molecule has 4 nitrogen and oxygen atoms in total. The number of hydrogen-bond acceptors (Lipinski definition) is 4. The zero-order valence-corrected chi connectivity index (χ0v) is 11.8. The summed E-state index contributed by atoms with van der Waals surface area (Å²) < 4.78 is 12.0. The fraction of sp³-hybridized carbons (Fsp3) is 0.214. The molecule has 2 heterocycles. The first-order valence-electron chi connectivity index (χ1n) is 6.06. The Bertz CT molecular complexity index is 575. The van der Waals surface area contributed by atoms with E-state index in [9.17, 15) is 0 Å². The van der Waals surface area contributed by atoms with Crippen molar-refractivity contribution in [2.45, 2.75) is 6.54 Å². The fourth-order valence-electron chi connectivity index (χ4n) is 1.89. The topological polar surface area (TPSA) is 43.4 Å². The normalized spacial score (nSPS) is 13.1. The number of pyridine rings is 1. The maximum atomic E-state index is 5.57. The first-order chi connectivity index (χ1) is 9.33. The molecular formula is C14H13BrN2O2. The van der Waals surface area contributed by atoms with Gasteiger partial charge in [0.25, 0.3) is 0 Å². The van der Waals surface area contributed by atoms with Crippen LogP contribution in [0.4, 0.5) is 5.69 Å². The Labute approximate surface area is 119 Å². The lowest BCUT2D eigenvalue weighted by Gasteiger charge is -2.20. The molecule has 0 saturated carbocycles. The van der Waals surface area contributed by atoms with E-state index in [1.54, 1.807) is 6.20 Å². The quantitative estimate of drug-likeness (QED) is 0.943. The van der Waals surface area contributed by atoms with Crippen LogP contribution in [0.25, 0.3) is 0 Å². The van der Waals surface area contributed by atoms with Crippen molar-refractivity contribution in [1.82, 2.24) is 4.98 Å². The zero-order valence-electron chi connectivity index (χ0n) is 10.2. The summed E-state index contributed by atoms with van der Waals surface area (Å²) in [5, 5.41) is 3.33. The van der Waals surface area contributed by atoms with Crippen molar-refractivity contribution in [3.05, 3.63) is 46.7 Å². The summed E-state index contributed by atoms with van der Waals surface area (Å²) in [5.41, 5.74) is 1.96. The number of anilines is 1. The largest absolute Gasteiger partial charge is 0.486 e. The molecule has 1 aromatic carbocycles. The third kappa shape index (κ3) is 2.81. The van der Waals surface area contributed by atoms with Gasteiger partial charge >= 0.3 is 0 Å². The van der Waals surface area contributed by atoms with E-state index in [1.165, 1.54) is 0 Å². The second-order valence-electron chi connectivity index (χ2n) is 4.15. The highest BCUT2D eigenvalue weighted by Gasteiger charge is 2.14. The molecule has 0 unspecified atom stereocenters. The zero-order chi connectivity index (χ0) is 13.1. The number of fused-ring (bicyclic) bond motifs is 1. The van der Waals surface area contributed by atoms with Crippen LogP contribution in [0.1, 0.15) is 5.69 Å². The van der Waals surface area contributed by atoms with Crippen LogP contribution in [0, 0.1) is 0 Å². The lowest BCUT2D eigenvalue weighted by atomic mass is 10.2. The monoisotopic (exact) mass is 320 g/mol. The summed E-state index contributed by atoms with van der Waals surface area (Å²) in [6.45, 7) is 1.85. The van der Waals surface area contributed by atoms with Gasteiger partial charge in [-0.05, 0) is 28.1 Å². The summed E-state index contributed by atoms with van der Waals surface area (Å²) in [5.74, 6) is 1.56. The van der Waals surface area contributed by atoms with Gasteiger partial charge in [0.1, 0.15) is 13.2 Å². The van der Waals surface area contributed by atoms with Gasteiger partial charge in [0, 0.05) is 22.8 Å². The molecule has 0 saturated heterocycles. The molecule has 1 aliphatic rings. The number of nitrogens with one attached hydrogen (secondary N) is 1. The Morgan fingerprint density at radius 1 is 1.16 bits per heavy atom. The third-order valence-corrected chi connectivity index (χ3v) is 3.47. The number of ether oxygens (including phenoxy) is 2. The minimum Gasteiger partial charge on any atom is -0.486 e. The summed E-state index contributed by atoms with van der Waals surface area (Å²) in [6, 6.07) is 9.74. The predicted molar refractivity (Wildman–Crippen MR) is 76.7 cm³/mol. The van der Waals surface area contributed by atoms with E-state index in [1.807, 2.05) is 30.3 Å². The van der Waals surface area contributed by atoms with Crippen LogP contribution in [0.5, 0.6) is 11.5 Å². The first-order valence-corrected chi connectivity index (χ1v) is 6.85. The van der Waals surface area contributed by atoms with Crippen LogP contribution in [-0.4, -0.2) is 18.2 Å². The van der Waals surface area contributed by atoms with Crippen LogP contribution < -0.4 is 14.8 Å². The SMILES string of the molecule is Brc1cc2c(cc1NCc1ccccn1)OCCO2. The van der Waals surface area contributed by atoms with Crippen molar-refractivity contribution in [1.29, 1.82) is 0 Å². The summed E-state index contributed by atoms with van der Waals surface area (Å²) in [7, 11) is 0. The molecule has 0 bridgehead atoms. The highest BCUT2D eigenvalue weighted by Crippen LogP contribution is 2.38. The molecule has 1 N–H and O–H groups in total. The van der Waals surface area contributed by atoms with Gasteiger partial charge in [0.15, 0.2) is 11.5 Å². The van der Waals surface area contributed by atoms with Crippen LogP contribution in [-0.2, 0) is 6.54 Å². The molecule has 0 aliphatic carbocycles. The average Bonchev–Trinajstić information content (AvgIpc) is 2.46. The summed E-state index contributed by atoms with van der Waals surface area (Å²) in [4.78, 5) is 4.28.